The zero-order valence-corrected chi connectivity index (χ0v) is 12.0. The van der Waals surface area contributed by atoms with E-state index in [4.69, 9.17) is 14.2 Å². The number of carbonyl (C=O) groups excluding carboxylic acids is 2. The number of rotatable bonds is 2. The van der Waals surface area contributed by atoms with Crippen LogP contribution in [0.25, 0.3) is 10.9 Å². The number of ether oxygens (including phenoxy) is 4. The van der Waals surface area contributed by atoms with Crippen molar-refractivity contribution >= 4 is 22.8 Å². The number of aromatic nitrogens is 1. The maximum atomic E-state index is 12.0. The first-order chi connectivity index (χ1) is 10.6. The third-order valence-corrected chi connectivity index (χ3v) is 3.27. The molecule has 0 amide bonds. The smallest absolute Gasteiger partial charge is 0.356 e. The molecule has 0 N–H and O–H groups in total. The lowest BCUT2D eigenvalue weighted by molar-refractivity contribution is 0.0594. The van der Waals surface area contributed by atoms with Crippen LogP contribution in [0.4, 0.5) is 0 Å². The Bertz CT molecular complexity index is 770. The molecule has 0 atom stereocenters. The van der Waals surface area contributed by atoms with Gasteiger partial charge in [-0.1, -0.05) is 0 Å². The molecular weight excluding hydrogens is 290 g/mol. The Morgan fingerprint density at radius 1 is 1.00 bits per heavy atom. The topological polar surface area (TPSA) is 84.0 Å². The van der Waals surface area contributed by atoms with Gasteiger partial charge in [0.1, 0.15) is 18.9 Å². The molecule has 3 rings (SSSR count). The number of esters is 2. The van der Waals surface area contributed by atoms with E-state index in [1.54, 1.807) is 12.1 Å². The quantitative estimate of drug-likeness (QED) is 0.779. The van der Waals surface area contributed by atoms with Crippen LogP contribution in [0.5, 0.6) is 11.5 Å². The molecule has 0 fully saturated rings. The number of fused-ring (bicyclic) bond motifs is 2. The molecule has 2 aromatic rings. The van der Waals surface area contributed by atoms with Crippen LogP contribution in [0, 0.1) is 0 Å². The van der Waals surface area contributed by atoms with Crippen molar-refractivity contribution < 1.29 is 28.5 Å². The van der Waals surface area contributed by atoms with Crippen LogP contribution in [0.3, 0.4) is 0 Å². The molecule has 114 valence electrons. The summed E-state index contributed by atoms with van der Waals surface area (Å²) in [6, 6.07) is 4.63. The summed E-state index contributed by atoms with van der Waals surface area (Å²) in [5.41, 5.74) is 0.657. The molecule has 1 aromatic carbocycles. The van der Waals surface area contributed by atoms with Crippen LogP contribution in [-0.4, -0.2) is 44.4 Å². The number of carbonyl (C=O) groups is 2. The summed E-state index contributed by atoms with van der Waals surface area (Å²) < 4.78 is 20.4. The minimum Gasteiger partial charge on any atom is -0.486 e. The number of benzene rings is 1. The summed E-state index contributed by atoms with van der Waals surface area (Å²) in [6.07, 6.45) is 0. The molecule has 0 saturated carbocycles. The van der Waals surface area contributed by atoms with E-state index in [-0.39, 0.29) is 11.3 Å². The van der Waals surface area contributed by atoms with Gasteiger partial charge in [0, 0.05) is 11.5 Å². The van der Waals surface area contributed by atoms with Gasteiger partial charge in [-0.2, -0.15) is 0 Å². The predicted molar refractivity (Wildman–Crippen MR) is 75.4 cm³/mol. The van der Waals surface area contributed by atoms with Crippen LogP contribution in [-0.2, 0) is 9.47 Å². The largest absolute Gasteiger partial charge is 0.486 e. The third-order valence-electron chi connectivity index (χ3n) is 3.27. The first-order valence-corrected chi connectivity index (χ1v) is 6.55. The highest BCUT2D eigenvalue weighted by Crippen LogP contribution is 2.35. The number of nitrogens with zero attached hydrogens (tertiary/aromatic N) is 1. The van der Waals surface area contributed by atoms with Crippen molar-refractivity contribution in [1.29, 1.82) is 0 Å². The Morgan fingerprint density at radius 2 is 1.64 bits per heavy atom. The molecule has 1 aliphatic rings. The van der Waals surface area contributed by atoms with Gasteiger partial charge in [0.15, 0.2) is 11.5 Å². The molecule has 1 aliphatic heterocycles. The second kappa shape index (κ2) is 5.51. The number of methoxy groups -OCH3 is 2. The Morgan fingerprint density at radius 3 is 2.27 bits per heavy atom. The van der Waals surface area contributed by atoms with Gasteiger partial charge in [0.2, 0.25) is 0 Å². The van der Waals surface area contributed by atoms with E-state index in [1.165, 1.54) is 20.3 Å². The van der Waals surface area contributed by atoms with Crippen LogP contribution in [0.1, 0.15) is 20.8 Å². The highest BCUT2D eigenvalue weighted by Gasteiger charge is 2.21. The third kappa shape index (κ3) is 2.30. The summed E-state index contributed by atoms with van der Waals surface area (Å²) in [5, 5.41) is 0.517. The van der Waals surface area contributed by atoms with E-state index < -0.39 is 11.9 Å². The van der Waals surface area contributed by atoms with E-state index >= 15 is 0 Å². The lowest BCUT2D eigenvalue weighted by Crippen LogP contribution is -2.16. The first kappa shape index (κ1) is 14.1. The molecule has 0 saturated heterocycles. The second-order valence-corrected chi connectivity index (χ2v) is 4.55. The zero-order chi connectivity index (χ0) is 15.7. The van der Waals surface area contributed by atoms with Gasteiger partial charge in [-0.25, -0.2) is 14.6 Å². The Labute approximate surface area is 125 Å². The molecule has 7 nitrogen and oxygen atoms in total. The molecule has 1 aromatic heterocycles. The zero-order valence-electron chi connectivity index (χ0n) is 12.0. The molecule has 7 heteroatoms. The van der Waals surface area contributed by atoms with Gasteiger partial charge in [-0.05, 0) is 12.1 Å². The highest BCUT2D eigenvalue weighted by atomic mass is 16.6. The number of hydrogen-bond donors (Lipinski definition) is 0. The molecule has 2 heterocycles. The van der Waals surface area contributed by atoms with Crippen LogP contribution >= 0.6 is 0 Å². The Hall–Kier alpha value is -2.83. The van der Waals surface area contributed by atoms with Gasteiger partial charge in [-0.15, -0.1) is 0 Å². The monoisotopic (exact) mass is 303 g/mol. The molecule has 22 heavy (non-hydrogen) atoms. The Kier molecular flexibility index (Phi) is 3.54. The van der Waals surface area contributed by atoms with Crippen molar-refractivity contribution in [2.75, 3.05) is 27.4 Å². The fourth-order valence-electron chi connectivity index (χ4n) is 2.25. The molecule has 0 aliphatic carbocycles. The normalized spacial score (nSPS) is 12.8. The van der Waals surface area contributed by atoms with Crippen molar-refractivity contribution in [3.8, 4) is 11.5 Å². The molecular formula is C15H13NO6. The maximum Gasteiger partial charge on any atom is 0.356 e. The van der Waals surface area contributed by atoms with Crippen LogP contribution in [0.2, 0.25) is 0 Å². The summed E-state index contributed by atoms with van der Waals surface area (Å²) in [4.78, 5) is 27.9. The number of pyridine rings is 1. The summed E-state index contributed by atoms with van der Waals surface area (Å²) in [7, 11) is 2.51. The van der Waals surface area contributed by atoms with E-state index in [0.717, 1.165) is 0 Å². The summed E-state index contributed by atoms with van der Waals surface area (Å²) in [6.45, 7) is 0.860. The minimum atomic E-state index is -0.637. The van der Waals surface area contributed by atoms with Gasteiger partial charge >= 0.3 is 11.9 Å². The van der Waals surface area contributed by atoms with Crippen LogP contribution in [0.15, 0.2) is 18.2 Å². The van der Waals surface area contributed by atoms with E-state index in [9.17, 15) is 9.59 Å². The van der Waals surface area contributed by atoms with Gasteiger partial charge in [0.25, 0.3) is 0 Å². The highest BCUT2D eigenvalue weighted by molar-refractivity contribution is 6.06. The average molecular weight is 303 g/mol. The second-order valence-electron chi connectivity index (χ2n) is 4.55. The Balaban J connectivity index is 2.27. The van der Waals surface area contributed by atoms with E-state index in [1.807, 2.05) is 0 Å². The van der Waals surface area contributed by atoms with E-state index in [2.05, 4.69) is 9.72 Å². The minimum absolute atomic E-state index is 0.0204. The van der Waals surface area contributed by atoms with Crippen molar-refractivity contribution in [2.45, 2.75) is 0 Å². The number of hydrogen-bond acceptors (Lipinski definition) is 7. The van der Waals surface area contributed by atoms with Gasteiger partial charge < -0.3 is 18.9 Å². The fraction of sp³-hybridized carbons (Fsp3) is 0.267. The molecule has 0 spiro atoms. The van der Waals surface area contributed by atoms with Crippen molar-refractivity contribution in [3.05, 3.63) is 29.5 Å². The van der Waals surface area contributed by atoms with Crippen molar-refractivity contribution in [2.24, 2.45) is 0 Å². The summed E-state index contributed by atoms with van der Waals surface area (Å²) in [5.74, 6) is -0.170. The lowest BCUT2D eigenvalue weighted by Gasteiger charge is -2.19. The molecule has 0 unspecified atom stereocenters. The van der Waals surface area contributed by atoms with Gasteiger partial charge in [0.05, 0.1) is 25.3 Å². The standard InChI is InChI=1S/C15H13NO6/c1-19-14(17)9-5-11(15(18)20-2)16-10-7-13-12(6-8(9)10)21-3-4-22-13/h5-7H,3-4H2,1-2H3. The molecule has 0 bridgehead atoms. The van der Waals surface area contributed by atoms with E-state index in [0.29, 0.717) is 35.6 Å². The predicted octanol–water partition coefficient (Wildman–Crippen LogP) is 1.58. The maximum absolute atomic E-state index is 12.0. The van der Waals surface area contributed by atoms with Crippen molar-refractivity contribution in [1.82, 2.24) is 4.98 Å². The van der Waals surface area contributed by atoms with Gasteiger partial charge in [-0.3, -0.25) is 0 Å². The SMILES string of the molecule is COC(=O)c1cc(C(=O)OC)c2cc3c(cc2n1)OCCO3. The fourth-order valence-corrected chi connectivity index (χ4v) is 2.25. The molecule has 0 radical (unpaired) electrons. The first-order valence-electron chi connectivity index (χ1n) is 6.55. The van der Waals surface area contributed by atoms with Crippen LogP contribution < -0.4 is 9.47 Å². The summed E-state index contributed by atoms with van der Waals surface area (Å²) >= 11 is 0. The van der Waals surface area contributed by atoms with Crippen molar-refractivity contribution in [3.63, 3.8) is 0 Å². The lowest BCUT2D eigenvalue weighted by atomic mass is 10.1. The average Bonchev–Trinajstić information content (AvgIpc) is 2.57.